The van der Waals surface area contributed by atoms with Crippen molar-refractivity contribution in [3.8, 4) is 11.8 Å². The third kappa shape index (κ3) is 3.13. The molecule has 2 heterocycles. The molecule has 4 rings (SSSR count). The molecule has 1 fully saturated rings. The first-order chi connectivity index (χ1) is 12.2. The summed E-state index contributed by atoms with van der Waals surface area (Å²) in [7, 11) is 0. The molecular weight excluding hydrogens is 314 g/mol. The molecule has 1 aliphatic carbocycles. The van der Waals surface area contributed by atoms with Crippen LogP contribution in [0.1, 0.15) is 37.1 Å². The number of hydrogen-bond donors (Lipinski definition) is 2. The maximum atomic E-state index is 9.68. The van der Waals surface area contributed by atoms with Crippen LogP contribution in [0.5, 0.6) is 5.75 Å². The molecule has 0 amide bonds. The molecule has 1 saturated carbocycles. The normalized spacial score (nSPS) is 18.1. The van der Waals surface area contributed by atoms with Crippen LogP contribution < -0.4 is 15.4 Å². The number of nitrogens with zero attached hydrogens (tertiary/aromatic N) is 3. The number of para-hydroxylation sites is 2. The molecule has 2 aliphatic rings. The molecule has 1 aromatic carbocycles. The van der Waals surface area contributed by atoms with E-state index in [1.165, 1.54) is 12.8 Å². The van der Waals surface area contributed by atoms with E-state index in [0.717, 1.165) is 24.2 Å². The second kappa shape index (κ2) is 6.44. The highest BCUT2D eigenvalue weighted by atomic mass is 16.5. The lowest BCUT2D eigenvalue weighted by Crippen LogP contribution is -2.17. The Balaban J connectivity index is 1.67. The van der Waals surface area contributed by atoms with Crippen LogP contribution in [0.3, 0.4) is 0 Å². The molecular formula is C19H19N5O. The molecule has 0 radical (unpaired) electrons. The molecule has 6 nitrogen and oxygen atoms in total. The second-order valence-corrected chi connectivity index (χ2v) is 6.38. The van der Waals surface area contributed by atoms with Crippen LogP contribution in [0.4, 0.5) is 11.6 Å². The third-order valence-corrected chi connectivity index (χ3v) is 4.48. The van der Waals surface area contributed by atoms with Crippen LogP contribution in [0.15, 0.2) is 36.2 Å². The van der Waals surface area contributed by atoms with E-state index in [1.807, 2.05) is 31.2 Å². The summed E-state index contributed by atoms with van der Waals surface area (Å²) in [4.78, 5) is 9.02. The fourth-order valence-electron chi connectivity index (χ4n) is 3.27. The summed E-state index contributed by atoms with van der Waals surface area (Å²) in [6.07, 6.45) is 4.75. The minimum absolute atomic E-state index is 0.371. The summed E-state index contributed by atoms with van der Waals surface area (Å²) < 4.78 is 5.79. The summed E-state index contributed by atoms with van der Waals surface area (Å²) in [6.45, 7) is 1.91. The predicted molar refractivity (Wildman–Crippen MR) is 95.9 cm³/mol. The Kier molecular flexibility index (Phi) is 3.98. The number of anilines is 2. The second-order valence-electron chi connectivity index (χ2n) is 6.38. The molecule has 2 N–H and O–H groups in total. The van der Waals surface area contributed by atoms with Gasteiger partial charge in [-0.25, -0.2) is 9.97 Å². The zero-order valence-corrected chi connectivity index (χ0v) is 14.0. The number of fused-ring (bicyclic) bond motifs is 1. The van der Waals surface area contributed by atoms with Gasteiger partial charge in [0.2, 0.25) is 11.8 Å². The molecule has 1 aliphatic heterocycles. The number of ether oxygens (including phenoxy) is 1. The molecule has 126 valence electrons. The van der Waals surface area contributed by atoms with E-state index in [9.17, 15) is 5.26 Å². The van der Waals surface area contributed by atoms with Crippen molar-refractivity contribution in [1.29, 1.82) is 5.26 Å². The minimum atomic E-state index is 0.371. The van der Waals surface area contributed by atoms with Crippen LogP contribution in [0, 0.1) is 18.3 Å². The average molecular weight is 333 g/mol. The van der Waals surface area contributed by atoms with Gasteiger partial charge in [0, 0.05) is 11.7 Å². The van der Waals surface area contributed by atoms with Gasteiger partial charge in [-0.15, -0.1) is 0 Å². The van der Waals surface area contributed by atoms with E-state index in [4.69, 9.17) is 4.74 Å². The van der Waals surface area contributed by atoms with Crippen LogP contribution in [-0.4, -0.2) is 16.0 Å². The van der Waals surface area contributed by atoms with Crippen molar-refractivity contribution in [2.45, 2.75) is 38.6 Å². The predicted octanol–water partition coefficient (Wildman–Crippen LogP) is 3.84. The van der Waals surface area contributed by atoms with Crippen molar-refractivity contribution < 1.29 is 4.74 Å². The Hall–Kier alpha value is -3.07. The lowest BCUT2D eigenvalue weighted by Gasteiger charge is -2.13. The zero-order chi connectivity index (χ0) is 17.2. The molecule has 0 bridgehead atoms. The standard InChI is InChI=1S/C19H19N5O/c1-12-10-16(24-19(21-12)22-13-6-2-3-7-13)14(11-20)18-23-15-8-4-5-9-17(15)25-18/h4-5,8-10,13,23H,2-3,6-7H2,1H3,(H,21,22,24). The van der Waals surface area contributed by atoms with Gasteiger partial charge in [0.1, 0.15) is 11.6 Å². The van der Waals surface area contributed by atoms with Gasteiger partial charge in [-0.1, -0.05) is 25.0 Å². The fraction of sp³-hybridized carbons (Fsp3) is 0.316. The van der Waals surface area contributed by atoms with E-state index >= 15 is 0 Å². The summed E-state index contributed by atoms with van der Waals surface area (Å²) >= 11 is 0. The number of aromatic nitrogens is 2. The van der Waals surface area contributed by atoms with E-state index in [-0.39, 0.29) is 0 Å². The lowest BCUT2D eigenvalue weighted by molar-refractivity contribution is 0.460. The first kappa shape index (κ1) is 15.5. The van der Waals surface area contributed by atoms with Gasteiger partial charge in [-0.3, -0.25) is 0 Å². The third-order valence-electron chi connectivity index (χ3n) is 4.48. The molecule has 25 heavy (non-hydrogen) atoms. The van der Waals surface area contributed by atoms with Crippen molar-refractivity contribution in [2.75, 3.05) is 10.6 Å². The van der Waals surface area contributed by atoms with Crippen molar-refractivity contribution >= 4 is 17.2 Å². The largest absolute Gasteiger partial charge is 0.437 e. The first-order valence-corrected chi connectivity index (χ1v) is 8.54. The van der Waals surface area contributed by atoms with Gasteiger partial charge in [-0.2, -0.15) is 5.26 Å². The summed E-state index contributed by atoms with van der Waals surface area (Å²) in [5.74, 6) is 1.69. The van der Waals surface area contributed by atoms with E-state index in [1.54, 1.807) is 6.07 Å². The molecule has 0 atom stereocenters. The number of rotatable bonds is 3. The zero-order valence-electron chi connectivity index (χ0n) is 14.0. The van der Waals surface area contributed by atoms with Gasteiger partial charge >= 0.3 is 0 Å². The molecule has 0 unspecified atom stereocenters. The Morgan fingerprint density at radius 2 is 2.08 bits per heavy atom. The molecule has 0 spiro atoms. The monoisotopic (exact) mass is 333 g/mol. The van der Waals surface area contributed by atoms with E-state index in [2.05, 4.69) is 26.7 Å². The number of aryl methyl sites for hydroxylation is 1. The molecule has 1 aromatic heterocycles. The van der Waals surface area contributed by atoms with Gasteiger partial charge in [0.25, 0.3) is 0 Å². The van der Waals surface area contributed by atoms with Gasteiger partial charge in [0.05, 0.1) is 11.4 Å². The maximum Gasteiger partial charge on any atom is 0.223 e. The smallest absolute Gasteiger partial charge is 0.223 e. The van der Waals surface area contributed by atoms with E-state index < -0.39 is 0 Å². The highest BCUT2D eigenvalue weighted by molar-refractivity contribution is 5.82. The maximum absolute atomic E-state index is 9.68. The van der Waals surface area contributed by atoms with Gasteiger partial charge in [0.15, 0.2) is 5.75 Å². The Morgan fingerprint density at radius 3 is 2.84 bits per heavy atom. The number of nitriles is 1. The van der Waals surface area contributed by atoms with Crippen molar-refractivity contribution in [1.82, 2.24) is 9.97 Å². The molecule has 2 aromatic rings. The topological polar surface area (TPSA) is 82.9 Å². The number of nitrogens with one attached hydrogen (secondary N) is 2. The molecule has 6 heteroatoms. The number of benzene rings is 1. The Morgan fingerprint density at radius 1 is 1.28 bits per heavy atom. The molecule has 0 saturated heterocycles. The lowest BCUT2D eigenvalue weighted by atomic mass is 10.2. The van der Waals surface area contributed by atoms with Crippen molar-refractivity contribution in [2.24, 2.45) is 0 Å². The van der Waals surface area contributed by atoms with Gasteiger partial charge < -0.3 is 15.4 Å². The van der Waals surface area contributed by atoms with Gasteiger partial charge in [-0.05, 0) is 38.0 Å². The van der Waals surface area contributed by atoms with Crippen LogP contribution in [0.2, 0.25) is 0 Å². The summed E-state index contributed by atoms with van der Waals surface area (Å²) in [5, 5.41) is 16.2. The van der Waals surface area contributed by atoms with Crippen molar-refractivity contribution in [3.05, 3.63) is 47.6 Å². The van der Waals surface area contributed by atoms with Crippen LogP contribution in [0.25, 0.3) is 5.57 Å². The highest BCUT2D eigenvalue weighted by Gasteiger charge is 2.23. The number of allylic oxidation sites excluding steroid dienone is 1. The summed E-state index contributed by atoms with van der Waals surface area (Å²) in [6, 6.07) is 12.0. The Labute approximate surface area is 146 Å². The average Bonchev–Trinajstić information content (AvgIpc) is 3.24. The van der Waals surface area contributed by atoms with E-state index in [0.29, 0.717) is 34.9 Å². The van der Waals surface area contributed by atoms with Crippen molar-refractivity contribution in [3.63, 3.8) is 0 Å². The first-order valence-electron chi connectivity index (χ1n) is 8.54. The van der Waals surface area contributed by atoms with Crippen LogP contribution in [-0.2, 0) is 0 Å². The summed E-state index contributed by atoms with van der Waals surface area (Å²) in [5.41, 5.74) is 2.59. The SMILES string of the molecule is Cc1cc(C(C#N)=C2Nc3ccccc3O2)nc(NC2CCCC2)n1. The fourth-order valence-corrected chi connectivity index (χ4v) is 3.27. The highest BCUT2D eigenvalue weighted by Crippen LogP contribution is 2.35. The quantitative estimate of drug-likeness (QED) is 0.831. The minimum Gasteiger partial charge on any atom is -0.437 e. The number of hydrogen-bond acceptors (Lipinski definition) is 6. The Bertz CT molecular complexity index is 851. The van der Waals surface area contributed by atoms with Crippen LogP contribution >= 0.6 is 0 Å².